The molecule has 0 aliphatic carbocycles. The van der Waals surface area contributed by atoms with E-state index < -0.39 is 0 Å². The molecule has 1 heterocycles. The lowest BCUT2D eigenvalue weighted by Gasteiger charge is -2.10. The minimum atomic E-state index is -0.117. The first-order chi connectivity index (χ1) is 11.2. The number of anilines is 2. The summed E-state index contributed by atoms with van der Waals surface area (Å²) in [6, 6.07) is 11.7. The number of aromatic nitrogens is 1. The van der Waals surface area contributed by atoms with Crippen molar-refractivity contribution in [1.82, 2.24) is 10.3 Å². The van der Waals surface area contributed by atoms with Gasteiger partial charge in [-0.1, -0.05) is 25.1 Å². The number of rotatable bonds is 8. The molecule has 2 rings (SSSR count). The average Bonchev–Trinajstić information content (AvgIpc) is 2.59. The molecule has 122 valence electrons. The molecule has 0 saturated carbocycles. The van der Waals surface area contributed by atoms with Crippen molar-refractivity contribution in [1.29, 1.82) is 0 Å². The van der Waals surface area contributed by atoms with E-state index in [9.17, 15) is 4.79 Å². The van der Waals surface area contributed by atoms with Crippen LogP contribution in [-0.2, 0) is 11.2 Å². The van der Waals surface area contributed by atoms with E-state index in [0.717, 1.165) is 24.3 Å². The lowest BCUT2D eigenvalue weighted by Crippen LogP contribution is -2.25. The molecular weight excluding hydrogens is 290 g/mol. The first-order valence-electron chi connectivity index (χ1n) is 7.82. The SMILES string of the molecule is CCc1ccccc1Nc1ccc(C(=O)NCCCOC)cn1. The minimum Gasteiger partial charge on any atom is -0.385 e. The molecule has 0 atom stereocenters. The van der Waals surface area contributed by atoms with E-state index in [0.29, 0.717) is 18.7 Å². The molecule has 1 amide bonds. The highest BCUT2D eigenvalue weighted by atomic mass is 16.5. The van der Waals surface area contributed by atoms with Gasteiger partial charge in [0.05, 0.1) is 5.56 Å². The second-order valence-electron chi connectivity index (χ2n) is 5.17. The van der Waals surface area contributed by atoms with E-state index in [-0.39, 0.29) is 5.91 Å². The molecular formula is C18H23N3O2. The van der Waals surface area contributed by atoms with Crippen LogP contribution in [0.1, 0.15) is 29.3 Å². The number of ether oxygens (including phenoxy) is 1. The van der Waals surface area contributed by atoms with Crippen LogP contribution in [0.3, 0.4) is 0 Å². The van der Waals surface area contributed by atoms with Crippen LogP contribution in [0.4, 0.5) is 11.5 Å². The Morgan fingerprint density at radius 2 is 2.04 bits per heavy atom. The lowest BCUT2D eigenvalue weighted by molar-refractivity contribution is 0.0948. The van der Waals surface area contributed by atoms with Crippen LogP contribution in [0.5, 0.6) is 0 Å². The van der Waals surface area contributed by atoms with Crippen LogP contribution in [0.2, 0.25) is 0 Å². The Hall–Kier alpha value is -2.40. The van der Waals surface area contributed by atoms with Gasteiger partial charge in [-0.25, -0.2) is 4.98 Å². The van der Waals surface area contributed by atoms with Crippen LogP contribution in [0.25, 0.3) is 0 Å². The Balaban J connectivity index is 1.95. The number of carbonyl (C=O) groups excluding carboxylic acids is 1. The summed E-state index contributed by atoms with van der Waals surface area (Å²) in [5.74, 6) is 0.607. The van der Waals surface area contributed by atoms with Gasteiger partial charge < -0.3 is 15.4 Å². The number of nitrogens with zero attached hydrogens (tertiary/aromatic N) is 1. The first-order valence-corrected chi connectivity index (χ1v) is 7.82. The van der Waals surface area contributed by atoms with E-state index in [2.05, 4.69) is 28.6 Å². The molecule has 0 unspecified atom stereocenters. The third-order valence-corrected chi connectivity index (χ3v) is 3.50. The van der Waals surface area contributed by atoms with Gasteiger partial charge in [-0.3, -0.25) is 4.79 Å². The van der Waals surface area contributed by atoms with Crippen LogP contribution in [-0.4, -0.2) is 31.2 Å². The molecule has 2 N–H and O–H groups in total. The van der Waals surface area contributed by atoms with Crippen LogP contribution < -0.4 is 10.6 Å². The van der Waals surface area contributed by atoms with Crippen molar-refractivity contribution in [2.45, 2.75) is 19.8 Å². The molecule has 0 bridgehead atoms. The topological polar surface area (TPSA) is 63.2 Å². The van der Waals surface area contributed by atoms with Crippen LogP contribution in [0, 0.1) is 0 Å². The maximum atomic E-state index is 12.0. The summed E-state index contributed by atoms with van der Waals surface area (Å²) in [6.45, 7) is 3.35. The van der Waals surface area contributed by atoms with Gasteiger partial charge in [0, 0.05) is 32.1 Å². The molecule has 2 aromatic rings. The second kappa shape index (κ2) is 8.90. The predicted octanol–water partition coefficient (Wildman–Crippen LogP) is 3.15. The van der Waals surface area contributed by atoms with Gasteiger partial charge in [-0.05, 0) is 36.6 Å². The van der Waals surface area contributed by atoms with Gasteiger partial charge in [-0.2, -0.15) is 0 Å². The molecule has 1 aromatic heterocycles. The lowest BCUT2D eigenvalue weighted by atomic mass is 10.1. The Morgan fingerprint density at radius 3 is 2.74 bits per heavy atom. The fourth-order valence-electron chi connectivity index (χ4n) is 2.21. The van der Waals surface area contributed by atoms with Crippen molar-refractivity contribution >= 4 is 17.4 Å². The van der Waals surface area contributed by atoms with Crippen molar-refractivity contribution < 1.29 is 9.53 Å². The van der Waals surface area contributed by atoms with Crippen molar-refractivity contribution in [3.63, 3.8) is 0 Å². The smallest absolute Gasteiger partial charge is 0.252 e. The zero-order valence-electron chi connectivity index (χ0n) is 13.6. The molecule has 1 aromatic carbocycles. The number of para-hydroxylation sites is 1. The highest BCUT2D eigenvalue weighted by molar-refractivity contribution is 5.94. The van der Waals surface area contributed by atoms with E-state index in [1.54, 1.807) is 19.4 Å². The molecule has 5 nitrogen and oxygen atoms in total. The van der Waals surface area contributed by atoms with Gasteiger partial charge >= 0.3 is 0 Å². The van der Waals surface area contributed by atoms with E-state index in [1.165, 1.54) is 5.56 Å². The summed E-state index contributed by atoms with van der Waals surface area (Å²) < 4.78 is 4.95. The zero-order chi connectivity index (χ0) is 16.5. The van der Waals surface area contributed by atoms with Gasteiger partial charge in [0.1, 0.15) is 5.82 Å². The molecule has 0 spiro atoms. The van der Waals surface area contributed by atoms with E-state index in [4.69, 9.17) is 4.74 Å². The highest BCUT2D eigenvalue weighted by Crippen LogP contribution is 2.19. The van der Waals surface area contributed by atoms with Crippen molar-refractivity contribution in [2.24, 2.45) is 0 Å². The van der Waals surface area contributed by atoms with Crippen molar-refractivity contribution in [2.75, 3.05) is 25.6 Å². The summed E-state index contributed by atoms with van der Waals surface area (Å²) in [7, 11) is 1.65. The molecule has 0 aliphatic rings. The Bertz CT molecular complexity index is 626. The third kappa shape index (κ3) is 5.07. The number of amides is 1. The Morgan fingerprint density at radius 1 is 1.22 bits per heavy atom. The number of hydrogen-bond acceptors (Lipinski definition) is 4. The van der Waals surface area contributed by atoms with E-state index >= 15 is 0 Å². The van der Waals surface area contributed by atoms with Gasteiger partial charge in [0.25, 0.3) is 5.91 Å². The quantitative estimate of drug-likeness (QED) is 0.735. The summed E-state index contributed by atoms with van der Waals surface area (Å²) in [5.41, 5.74) is 2.82. The molecule has 23 heavy (non-hydrogen) atoms. The number of aryl methyl sites for hydroxylation is 1. The van der Waals surface area contributed by atoms with Gasteiger partial charge in [0.15, 0.2) is 0 Å². The average molecular weight is 313 g/mol. The third-order valence-electron chi connectivity index (χ3n) is 3.50. The first kappa shape index (κ1) is 17.0. The molecule has 0 fully saturated rings. The maximum absolute atomic E-state index is 12.0. The number of benzene rings is 1. The zero-order valence-corrected chi connectivity index (χ0v) is 13.6. The minimum absolute atomic E-state index is 0.117. The van der Waals surface area contributed by atoms with Crippen molar-refractivity contribution in [3.8, 4) is 0 Å². The van der Waals surface area contributed by atoms with E-state index in [1.807, 2.05) is 24.3 Å². The fourth-order valence-corrected chi connectivity index (χ4v) is 2.21. The Labute approximate surface area is 137 Å². The second-order valence-corrected chi connectivity index (χ2v) is 5.17. The van der Waals surface area contributed by atoms with Crippen LogP contribution >= 0.6 is 0 Å². The number of methoxy groups -OCH3 is 1. The molecule has 5 heteroatoms. The fraction of sp³-hybridized carbons (Fsp3) is 0.333. The Kier molecular flexibility index (Phi) is 6.56. The molecule has 0 saturated heterocycles. The molecule has 0 aliphatic heterocycles. The van der Waals surface area contributed by atoms with Crippen LogP contribution in [0.15, 0.2) is 42.6 Å². The summed E-state index contributed by atoms with van der Waals surface area (Å²) in [4.78, 5) is 16.3. The number of pyridine rings is 1. The summed E-state index contributed by atoms with van der Waals surface area (Å²) in [5, 5.41) is 6.13. The summed E-state index contributed by atoms with van der Waals surface area (Å²) >= 11 is 0. The monoisotopic (exact) mass is 313 g/mol. The molecule has 0 radical (unpaired) electrons. The normalized spacial score (nSPS) is 10.3. The highest BCUT2D eigenvalue weighted by Gasteiger charge is 2.06. The maximum Gasteiger partial charge on any atom is 0.252 e. The van der Waals surface area contributed by atoms with Gasteiger partial charge in [-0.15, -0.1) is 0 Å². The predicted molar refractivity (Wildman–Crippen MR) is 92.2 cm³/mol. The van der Waals surface area contributed by atoms with Crippen molar-refractivity contribution in [3.05, 3.63) is 53.7 Å². The summed E-state index contributed by atoms with van der Waals surface area (Å²) in [6.07, 6.45) is 3.33. The number of hydrogen-bond donors (Lipinski definition) is 2. The van der Waals surface area contributed by atoms with Gasteiger partial charge in [0.2, 0.25) is 0 Å². The number of nitrogens with one attached hydrogen (secondary N) is 2. The largest absolute Gasteiger partial charge is 0.385 e. The standard InChI is InChI=1S/C18H23N3O2/c1-3-14-7-4-5-8-16(14)21-17-10-9-15(13-20-17)18(22)19-11-6-12-23-2/h4-5,7-10,13H,3,6,11-12H2,1-2H3,(H,19,22)(H,20,21). The number of carbonyl (C=O) groups is 1.